The number of amides is 1. The molecule has 1 aromatic rings. The van der Waals surface area contributed by atoms with Gasteiger partial charge in [0.15, 0.2) is 0 Å². The molecule has 2 atom stereocenters. The molecule has 1 heterocycles. The van der Waals surface area contributed by atoms with E-state index in [1.165, 1.54) is 11.0 Å². The van der Waals surface area contributed by atoms with Crippen molar-refractivity contribution in [1.82, 2.24) is 0 Å². The third-order valence-electron chi connectivity index (χ3n) is 4.38. The van der Waals surface area contributed by atoms with Crippen LogP contribution in [0.15, 0.2) is 18.2 Å². The van der Waals surface area contributed by atoms with E-state index in [4.69, 9.17) is 4.74 Å². The maximum atomic E-state index is 14.3. The van der Waals surface area contributed by atoms with Crippen LogP contribution in [-0.4, -0.2) is 18.2 Å². The number of hydrogen-bond donors (Lipinski definition) is 0. The molecule has 0 N–H and O–H groups in total. The molecule has 0 spiro atoms. The summed E-state index contributed by atoms with van der Waals surface area (Å²) in [6.45, 7) is 6.05. The molecule has 2 unspecified atom stereocenters. The molecule has 0 radical (unpaired) electrons. The van der Waals surface area contributed by atoms with E-state index in [1.54, 1.807) is 6.07 Å². The molecule has 0 aromatic heterocycles. The van der Waals surface area contributed by atoms with Crippen LogP contribution in [0.25, 0.3) is 0 Å². The predicted molar refractivity (Wildman–Crippen MR) is 80.1 cm³/mol. The third-order valence-corrected chi connectivity index (χ3v) is 4.38. The van der Waals surface area contributed by atoms with Gasteiger partial charge in [-0.05, 0) is 57.1 Å². The van der Waals surface area contributed by atoms with Crippen molar-refractivity contribution in [2.75, 3.05) is 11.4 Å². The molecule has 1 aliphatic carbocycles. The van der Waals surface area contributed by atoms with E-state index in [0.717, 1.165) is 24.8 Å². The van der Waals surface area contributed by atoms with E-state index in [1.807, 2.05) is 26.8 Å². The molecule has 4 heteroatoms. The maximum absolute atomic E-state index is 14.3. The van der Waals surface area contributed by atoms with Crippen molar-refractivity contribution in [3.63, 3.8) is 0 Å². The number of halogens is 1. The summed E-state index contributed by atoms with van der Waals surface area (Å²) in [4.78, 5) is 14.0. The average Bonchev–Trinajstić information content (AvgIpc) is 2.84. The fourth-order valence-corrected chi connectivity index (χ4v) is 3.59. The lowest BCUT2D eigenvalue weighted by Crippen LogP contribution is -2.43. The Balaban J connectivity index is 1.99. The van der Waals surface area contributed by atoms with Crippen molar-refractivity contribution < 1.29 is 13.9 Å². The summed E-state index contributed by atoms with van der Waals surface area (Å²) in [6.07, 6.45) is 2.88. The van der Waals surface area contributed by atoms with Crippen LogP contribution in [0.3, 0.4) is 0 Å². The van der Waals surface area contributed by atoms with Crippen LogP contribution in [0.1, 0.15) is 51.5 Å². The number of benzene rings is 1. The zero-order valence-electron chi connectivity index (χ0n) is 12.9. The second-order valence-electron chi connectivity index (χ2n) is 7.07. The lowest BCUT2D eigenvalue weighted by atomic mass is 9.83. The second kappa shape index (κ2) is 5.00. The van der Waals surface area contributed by atoms with Crippen molar-refractivity contribution in [3.05, 3.63) is 29.6 Å². The summed E-state index contributed by atoms with van der Waals surface area (Å²) < 4.78 is 19.8. The van der Waals surface area contributed by atoms with Crippen molar-refractivity contribution >= 4 is 11.8 Å². The topological polar surface area (TPSA) is 29.5 Å². The molecule has 21 heavy (non-hydrogen) atoms. The molecule has 0 saturated heterocycles. The average molecular weight is 291 g/mol. The van der Waals surface area contributed by atoms with E-state index in [2.05, 4.69) is 0 Å². The van der Waals surface area contributed by atoms with Crippen LogP contribution in [0.5, 0.6) is 0 Å². The number of para-hydroxylation sites is 1. The Morgan fingerprint density at radius 1 is 1.33 bits per heavy atom. The normalized spacial score (nSPS) is 24.5. The third kappa shape index (κ3) is 2.63. The van der Waals surface area contributed by atoms with E-state index in [9.17, 15) is 9.18 Å². The van der Waals surface area contributed by atoms with Gasteiger partial charge in [-0.1, -0.05) is 18.6 Å². The fraction of sp³-hybridized carbons (Fsp3) is 0.588. The number of anilines is 1. The summed E-state index contributed by atoms with van der Waals surface area (Å²) in [5.74, 6) is 0.477. The minimum Gasteiger partial charge on any atom is -0.443 e. The van der Waals surface area contributed by atoms with Gasteiger partial charge in [0, 0.05) is 6.54 Å². The number of ether oxygens (including phenoxy) is 1. The van der Waals surface area contributed by atoms with Crippen molar-refractivity contribution in [1.29, 1.82) is 0 Å². The maximum Gasteiger partial charge on any atom is 0.414 e. The molecular weight excluding hydrogens is 269 g/mol. The van der Waals surface area contributed by atoms with Crippen LogP contribution in [0.2, 0.25) is 0 Å². The Kier molecular flexibility index (Phi) is 3.42. The lowest BCUT2D eigenvalue weighted by Gasteiger charge is -2.37. The minimum atomic E-state index is -0.574. The van der Waals surface area contributed by atoms with Crippen LogP contribution >= 0.6 is 0 Å². The van der Waals surface area contributed by atoms with Gasteiger partial charge in [0.05, 0.1) is 5.69 Å². The first kappa shape index (κ1) is 14.4. The highest BCUT2D eigenvalue weighted by Gasteiger charge is 2.41. The monoisotopic (exact) mass is 291 g/mol. The Labute approximate surface area is 125 Å². The van der Waals surface area contributed by atoms with Crippen LogP contribution in [-0.2, 0) is 4.74 Å². The van der Waals surface area contributed by atoms with Gasteiger partial charge in [-0.25, -0.2) is 9.18 Å². The Morgan fingerprint density at radius 2 is 2.10 bits per heavy atom. The number of nitrogens with zero attached hydrogens (tertiary/aromatic N) is 1. The summed E-state index contributed by atoms with van der Waals surface area (Å²) in [6, 6.07) is 5.12. The quantitative estimate of drug-likeness (QED) is 0.706. The first-order valence-electron chi connectivity index (χ1n) is 7.66. The Bertz CT molecular complexity index is 564. The van der Waals surface area contributed by atoms with Gasteiger partial charge in [-0.2, -0.15) is 0 Å². The van der Waals surface area contributed by atoms with E-state index in [0.29, 0.717) is 24.1 Å². The SMILES string of the molecule is CC(C)(C)OC(=O)N1CC2CCCC2c2cccc(F)c21. The minimum absolute atomic E-state index is 0.330. The van der Waals surface area contributed by atoms with Gasteiger partial charge in [0.2, 0.25) is 0 Å². The van der Waals surface area contributed by atoms with Gasteiger partial charge in [-0.15, -0.1) is 0 Å². The molecule has 1 fully saturated rings. The zero-order chi connectivity index (χ0) is 15.2. The summed E-state index contributed by atoms with van der Waals surface area (Å²) in [5.41, 5.74) is 0.819. The molecule has 3 nitrogen and oxygen atoms in total. The molecule has 1 aromatic carbocycles. The van der Waals surface area contributed by atoms with Gasteiger partial charge in [0.25, 0.3) is 0 Å². The number of hydrogen-bond acceptors (Lipinski definition) is 2. The molecular formula is C17H22FNO2. The number of carbonyl (C=O) groups is 1. The Morgan fingerprint density at radius 3 is 2.81 bits per heavy atom. The first-order valence-corrected chi connectivity index (χ1v) is 7.66. The molecule has 114 valence electrons. The molecule has 0 bridgehead atoms. The van der Waals surface area contributed by atoms with Crippen LogP contribution in [0.4, 0.5) is 14.9 Å². The van der Waals surface area contributed by atoms with E-state index in [-0.39, 0.29) is 5.82 Å². The highest BCUT2D eigenvalue weighted by atomic mass is 19.1. The van der Waals surface area contributed by atoms with Gasteiger partial charge < -0.3 is 4.74 Å². The largest absolute Gasteiger partial charge is 0.443 e. The Hall–Kier alpha value is -1.58. The standard InChI is InChI=1S/C17H22FNO2/c1-17(2,3)21-16(20)19-10-11-6-4-7-12(11)13-8-5-9-14(18)15(13)19/h5,8-9,11-12H,4,6-7,10H2,1-3H3. The number of rotatable bonds is 0. The zero-order valence-corrected chi connectivity index (χ0v) is 12.9. The second-order valence-corrected chi connectivity index (χ2v) is 7.07. The fourth-order valence-electron chi connectivity index (χ4n) is 3.59. The van der Waals surface area contributed by atoms with Gasteiger partial charge >= 0.3 is 6.09 Å². The summed E-state index contributed by atoms with van der Waals surface area (Å²) >= 11 is 0. The highest BCUT2D eigenvalue weighted by molar-refractivity contribution is 5.90. The smallest absolute Gasteiger partial charge is 0.414 e. The molecule has 3 rings (SSSR count). The van der Waals surface area contributed by atoms with Gasteiger partial charge in [0.1, 0.15) is 11.4 Å². The number of fused-ring (bicyclic) bond motifs is 3. The lowest BCUT2D eigenvalue weighted by molar-refractivity contribution is 0.0568. The first-order chi connectivity index (χ1) is 9.87. The van der Waals surface area contributed by atoms with Gasteiger partial charge in [-0.3, -0.25) is 4.90 Å². The van der Waals surface area contributed by atoms with Crippen molar-refractivity contribution in [2.45, 2.75) is 51.6 Å². The molecule has 2 aliphatic rings. The number of carbonyl (C=O) groups excluding carboxylic acids is 1. The van der Waals surface area contributed by atoms with Crippen molar-refractivity contribution in [3.8, 4) is 0 Å². The molecule has 1 aliphatic heterocycles. The van der Waals surface area contributed by atoms with E-state index < -0.39 is 11.7 Å². The summed E-state index contributed by atoms with van der Waals surface area (Å²) in [7, 11) is 0. The summed E-state index contributed by atoms with van der Waals surface area (Å²) in [5, 5.41) is 0. The van der Waals surface area contributed by atoms with E-state index >= 15 is 0 Å². The van der Waals surface area contributed by atoms with Crippen molar-refractivity contribution in [2.24, 2.45) is 5.92 Å². The predicted octanol–water partition coefficient (Wildman–Crippen LogP) is 4.46. The molecule has 1 amide bonds. The van der Waals surface area contributed by atoms with Crippen LogP contribution < -0.4 is 4.90 Å². The molecule has 1 saturated carbocycles. The van der Waals surface area contributed by atoms with Crippen LogP contribution in [0, 0.1) is 11.7 Å². The highest BCUT2D eigenvalue weighted by Crippen LogP contribution is 2.48.